The van der Waals surface area contributed by atoms with Crippen molar-refractivity contribution in [2.75, 3.05) is 38.7 Å². The summed E-state index contributed by atoms with van der Waals surface area (Å²) in [5.74, 6) is 1.78. The number of benzene rings is 2. The quantitative estimate of drug-likeness (QED) is 0.329. The molecule has 0 bridgehead atoms. The van der Waals surface area contributed by atoms with Crippen molar-refractivity contribution in [2.45, 2.75) is 13.8 Å². The number of aliphatic imine (C=N–C) groups is 1. The van der Waals surface area contributed by atoms with Crippen LogP contribution in [0.5, 0.6) is 11.5 Å². The Bertz CT molecular complexity index is 825. The van der Waals surface area contributed by atoms with E-state index in [4.69, 9.17) is 21.1 Å². The van der Waals surface area contributed by atoms with Crippen LogP contribution in [-0.2, 0) is 0 Å². The van der Waals surface area contributed by atoms with Crippen molar-refractivity contribution in [3.05, 3.63) is 53.1 Å². The predicted octanol–water partition coefficient (Wildman–Crippen LogP) is 3.55. The maximum atomic E-state index is 12.1. The van der Waals surface area contributed by atoms with Crippen LogP contribution in [0.4, 0.5) is 5.69 Å². The number of rotatable bonds is 9. The number of carbonyl (C=O) groups excluding carboxylic acids is 1. The maximum Gasteiger partial charge on any atom is 0.251 e. The molecule has 0 unspecified atom stereocenters. The van der Waals surface area contributed by atoms with Crippen molar-refractivity contribution in [3.8, 4) is 11.5 Å². The highest BCUT2D eigenvalue weighted by Gasteiger charge is 2.07. The molecule has 0 heterocycles. The van der Waals surface area contributed by atoms with E-state index in [2.05, 4.69) is 20.9 Å². The molecule has 0 aliphatic rings. The fraction of sp³-hybridized carbons (Fsp3) is 0.333. The normalized spacial score (nSPS) is 11.0. The molecule has 0 aliphatic heterocycles. The number of hydrogen-bond donors (Lipinski definition) is 3. The van der Waals surface area contributed by atoms with Crippen LogP contribution in [0.2, 0.25) is 5.02 Å². The van der Waals surface area contributed by atoms with Crippen LogP contribution >= 0.6 is 11.6 Å². The zero-order valence-corrected chi connectivity index (χ0v) is 17.7. The fourth-order valence-electron chi connectivity index (χ4n) is 2.51. The Morgan fingerprint density at radius 2 is 1.83 bits per heavy atom. The first kappa shape index (κ1) is 22.4. The number of nitrogens with one attached hydrogen (secondary N) is 3. The number of nitrogens with zero attached hydrogens (tertiary/aromatic N) is 1. The molecule has 29 heavy (non-hydrogen) atoms. The van der Waals surface area contributed by atoms with Gasteiger partial charge in [0.25, 0.3) is 5.91 Å². The van der Waals surface area contributed by atoms with Crippen molar-refractivity contribution >= 4 is 29.2 Å². The van der Waals surface area contributed by atoms with Crippen LogP contribution in [0.3, 0.4) is 0 Å². The lowest BCUT2D eigenvalue weighted by molar-refractivity contribution is 0.0955. The molecule has 8 heteroatoms. The van der Waals surface area contributed by atoms with E-state index in [1.54, 1.807) is 31.4 Å². The molecule has 0 saturated heterocycles. The van der Waals surface area contributed by atoms with E-state index >= 15 is 0 Å². The van der Waals surface area contributed by atoms with E-state index in [1.165, 1.54) is 0 Å². The summed E-state index contributed by atoms with van der Waals surface area (Å²) in [5.41, 5.74) is 1.38. The number of anilines is 1. The van der Waals surface area contributed by atoms with Crippen LogP contribution in [0, 0.1) is 0 Å². The van der Waals surface area contributed by atoms with E-state index in [1.807, 2.05) is 32.0 Å². The number of hydrogen-bond acceptors (Lipinski definition) is 4. The summed E-state index contributed by atoms with van der Waals surface area (Å²) in [6.07, 6.45) is 0. The maximum absolute atomic E-state index is 12.1. The minimum absolute atomic E-state index is 0.161. The van der Waals surface area contributed by atoms with Gasteiger partial charge in [0.15, 0.2) is 17.5 Å². The van der Waals surface area contributed by atoms with Gasteiger partial charge in [0.2, 0.25) is 0 Å². The number of methoxy groups -OCH3 is 1. The van der Waals surface area contributed by atoms with Gasteiger partial charge in [-0.3, -0.25) is 9.79 Å². The lowest BCUT2D eigenvalue weighted by Crippen LogP contribution is -2.32. The van der Waals surface area contributed by atoms with Gasteiger partial charge >= 0.3 is 0 Å². The zero-order chi connectivity index (χ0) is 21.1. The highest BCUT2D eigenvalue weighted by atomic mass is 35.5. The van der Waals surface area contributed by atoms with Gasteiger partial charge in [0.1, 0.15) is 0 Å². The van der Waals surface area contributed by atoms with Gasteiger partial charge in [-0.1, -0.05) is 11.6 Å². The minimum atomic E-state index is -0.161. The van der Waals surface area contributed by atoms with E-state index in [0.717, 1.165) is 5.69 Å². The molecule has 0 saturated carbocycles. The fourth-order valence-corrected chi connectivity index (χ4v) is 2.63. The average molecular weight is 419 g/mol. The molecule has 156 valence electrons. The Morgan fingerprint density at radius 1 is 1.07 bits per heavy atom. The molecule has 2 aromatic carbocycles. The third kappa shape index (κ3) is 7.19. The Balaban J connectivity index is 1.94. The molecule has 0 radical (unpaired) electrons. The molecule has 7 nitrogen and oxygen atoms in total. The van der Waals surface area contributed by atoms with Crippen LogP contribution in [0.15, 0.2) is 47.5 Å². The SMILES string of the molecule is CCNC(=NCCNC(=O)c1ccc(Cl)cc1)Nc1ccc(OC)c(OCC)c1. The van der Waals surface area contributed by atoms with Gasteiger partial charge in [0, 0.05) is 35.4 Å². The lowest BCUT2D eigenvalue weighted by Gasteiger charge is -2.14. The second-order valence-electron chi connectivity index (χ2n) is 5.95. The van der Waals surface area contributed by atoms with Gasteiger partial charge in [0.05, 0.1) is 20.3 Å². The van der Waals surface area contributed by atoms with E-state index in [9.17, 15) is 4.79 Å². The summed E-state index contributed by atoms with van der Waals surface area (Å²) in [6.45, 7) is 5.98. The Labute approximate surface area is 176 Å². The van der Waals surface area contributed by atoms with Crippen LogP contribution in [0.25, 0.3) is 0 Å². The molecule has 1 amide bonds. The highest BCUT2D eigenvalue weighted by molar-refractivity contribution is 6.30. The first-order valence-electron chi connectivity index (χ1n) is 9.47. The molecule has 0 atom stereocenters. The molecular formula is C21H27ClN4O3. The zero-order valence-electron chi connectivity index (χ0n) is 16.9. The summed E-state index contributed by atoms with van der Waals surface area (Å²) in [4.78, 5) is 16.6. The van der Waals surface area contributed by atoms with Crippen LogP contribution in [0.1, 0.15) is 24.2 Å². The average Bonchev–Trinajstić information content (AvgIpc) is 2.72. The Hall–Kier alpha value is -2.93. The first-order valence-corrected chi connectivity index (χ1v) is 9.85. The van der Waals surface area contributed by atoms with Crippen molar-refractivity contribution < 1.29 is 14.3 Å². The Morgan fingerprint density at radius 3 is 2.48 bits per heavy atom. The standard InChI is InChI=1S/C21H27ClN4O3/c1-4-23-21(26-17-10-11-18(28-3)19(14-17)29-5-2)25-13-12-24-20(27)15-6-8-16(22)9-7-15/h6-11,14H,4-5,12-13H2,1-3H3,(H,24,27)(H2,23,25,26). The van der Waals surface area contributed by atoms with Crippen LogP contribution in [-0.4, -0.2) is 45.2 Å². The van der Waals surface area contributed by atoms with Gasteiger partial charge in [-0.15, -0.1) is 0 Å². The van der Waals surface area contributed by atoms with Crippen molar-refractivity contribution in [3.63, 3.8) is 0 Å². The third-order valence-electron chi connectivity index (χ3n) is 3.84. The monoisotopic (exact) mass is 418 g/mol. The topological polar surface area (TPSA) is 84.0 Å². The second kappa shape index (κ2) is 11.8. The van der Waals surface area contributed by atoms with E-state index < -0.39 is 0 Å². The smallest absolute Gasteiger partial charge is 0.251 e. The summed E-state index contributed by atoms with van der Waals surface area (Å²) in [6, 6.07) is 12.3. The minimum Gasteiger partial charge on any atom is -0.493 e. The largest absolute Gasteiger partial charge is 0.493 e. The summed E-state index contributed by atoms with van der Waals surface area (Å²) in [7, 11) is 1.61. The highest BCUT2D eigenvalue weighted by Crippen LogP contribution is 2.30. The van der Waals surface area contributed by atoms with Crippen LogP contribution < -0.4 is 25.4 Å². The molecule has 2 aromatic rings. The number of guanidine groups is 1. The predicted molar refractivity (Wildman–Crippen MR) is 118 cm³/mol. The van der Waals surface area contributed by atoms with Gasteiger partial charge < -0.3 is 25.4 Å². The summed E-state index contributed by atoms with van der Waals surface area (Å²) in [5, 5.41) is 9.84. The summed E-state index contributed by atoms with van der Waals surface area (Å²) >= 11 is 5.84. The molecule has 0 aromatic heterocycles. The third-order valence-corrected chi connectivity index (χ3v) is 4.10. The van der Waals surface area contributed by atoms with Crippen molar-refractivity contribution in [1.82, 2.24) is 10.6 Å². The molecule has 0 spiro atoms. The number of ether oxygens (including phenoxy) is 2. The van der Waals surface area contributed by atoms with Gasteiger partial charge in [-0.2, -0.15) is 0 Å². The second-order valence-corrected chi connectivity index (χ2v) is 6.38. The number of halogens is 1. The van der Waals surface area contributed by atoms with Crippen molar-refractivity contribution in [1.29, 1.82) is 0 Å². The molecule has 3 N–H and O–H groups in total. The molecular weight excluding hydrogens is 392 g/mol. The molecule has 0 aliphatic carbocycles. The number of carbonyl (C=O) groups is 1. The van der Waals surface area contributed by atoms with Gasteiger partial charge in [-0.05, 0) is 50.2 Å². The van der Waals surface area contributed by atoms with E-state index in [-0.39, 0.29) is 5.91 Å². The summed E-state index contributed by atoms with van der Waals surface area (Å²) < 4.78 is 10.9. The first-order chi connectivity index (χ1) is 14.1. The Kier molecular flexibility index (Phi) is 9.11. The van der Waals surface area contributed by atoms with Crippen molar-refractivity contribution in [2.24, 2.45) is 4.99 Å². The van der Waals surface area contributed by atoms with Gasteiger partial charge in [-0.25, -0.2) is 0 Å². The molecule has 0 fully saturated rings. The van der Waals surface area contributed by atoms with E-state index in [0.29, 0.717) is 54.3 Å². The number of amides is 1. The molecule has 2 rings (SSSR count). The lowest BCUT2D eigenvalue weighted by atomic mass is 10.2.